The minimum absolute atomic E-state index is 0.556. The van der Waals surface area contributed by atoms with E-state index in [-0.39, 0.29) is 0 Å². The number of rotatable bonds is 3. The molecule has 1 aliphatic heterocycles. The van der Waals surface area contributed by atoms with E-state index in [4.69, 9.17) is 15.7 Å². The lowest BCUT2D eigenvalue weighted by atomic mass is 10.1. The lowest BCUT2D eigenvalue weighted by Crippen LogP contribution is -2.47. The molecular formula is C23H23N7S. The maximum Gasteiger partial charge on any atom is 0.164 e. The summed E-state index contributed by atoms with van der Waals surface area (Å²) < 4.78 is 0. The summed E-state index contributed by atoms with van der Waals surface area (Å²) in [5.41, 5.74) is 9.30. The van der Waals surface area contributed by atoms with Crippen molar-refractivity contribution in [2.24, 2.45) is 0 Å². The average molecular weight is 430 g/mol. The number of hydrogen-bond acceptors (Lipinski definition) is 8. The number of thiophene rings is 1. The van der Waals surface area contributed by atoms with E-state index in [9.17, 15) is 0 Å². The third kappa shape index (κ3) is 3.27. The molecule has 0 unspecified atom stereocenters. The number of aryl methyl sites for hydroxylation is 2. The molecule has 1 saturated heterocycles. The van der Waals surface area contributed by atoms with Crippen LogP contribution < -0.4 is 15.5 Å². The lowest BCUT2D eigenvalue weighted by Gasteiger charge is -2.37. The van der Waals surface area contributed by atoms with Crippen LogP contribution in [0, 0.1) is 0 Å². The number of pyridine rings is 2. The average Bonchev–Trinajstić information content (AvgIpc) is 3.41. The smallest absolute Gasteiger partial charge is 0.164 e. The molecule has 0 radical (unpaired) electrons. The molecular weight excluding hydrogens is 406 g/mol. The lowest BCUT2D eigenvalue weighted by molar-refractivity contribution is 0.648. The van der Waals surface area contributed by atoms with Crippen molar-refractivity contribution in [1.82, 2.24) is 19.9 Å². The van der Waals surface area contributed by atoms with Gasteiger partial charge in [-0.2, -0.15) is 0 Å². The second-order valence-corrected chi connectivity index (χ2v) is 9.15. The van der Waals surface area contributed by atoms with E-state index in [0.29, 0.717) is 5.82 Å². The number of fused-ring (bicyclic) bond motifs is 3. The quantitative estimate of drug-likeness (QED) is 0.533. The van der Waals surface area contributed by atoms with Crippen molar-refractivity contribution in [2.45, 2.75) is 19.3 Å². The van der Waals surface area contributed by atoms with Crippen LogP contribution in [0.25, 0.3) is 21.6 Å². The van der Waals surface area contributed by atoms with Crippen LogP contribution in [0.15, 0.2) is 42.9 Å². The summed E-state index contributed by atoms with van der Waals surface area (Å²) in [5.74, 6) is 2.40. The van der Waals surface area contributed by atoms with Gasteiger partial charge in [0.05, 0.1) is 17.3 Å². The summed E-state index contributed by atoms with van der Waals surface area (Å²) in [5, 5.41) is 1.27. The van der Waals surface area contributed by atoms with Crippen molar-refractivity contribution in [3.63, 3.8) is 0 Å². The van der Waals surface area contributed by atoms with Crippen LogP contribution in [0.1, 0.15) is 16.9 Å². The van der Waals surface area contributed by atoms with Crippen LogP contribution >= 0.6 is 11.3 Å². The van der Waals surface area contributed by atoms with E-state index in [0.717, 1.165) is 66.7 Å². The Labute approximate surface area is 184 Å². The summed E-state index contributed by atoms with van der Waals surface area (Å²) in [6.45, 7) is 3.67. The zero-order valence-corrected chi connectivity index (χ0v) is 18.0. The molecule has 0 amide bonds. The van der Waals surface area contributed by atoms with Gasteiger partial charge in [-0.05, 0) is 49.1 Å². The Morgan fingerprint density at radius 2 is 1.81 bits per heavy atom. The van der Waals surface area contributed by atoms with E-state index in [1.54, 1.807) is 6.20 Å². The summed E-state index contributed by atoms with van der Waals surface area (Å²) in [7, 11) is 0. The predicted molar refractivity (Wildman–Crippen MR) is 126 cm³/mol. The van der Waals surface area contributed by atoms with E-state index in [2.05, 4.69) is 19.8 Å². The van der Waals surface area contributed by atoms with E-state index in [1.807, 2.05) is 48.0 Å². The monoisotopic (exact) mass is 429 g/mol. The van der Waals surface area contributed by atoms with Crippen LogP contribution in [0.5, 0.6) is 0 Å². The zero-order chi connectivity index (χ0) is 20.8. The molecule has 0 bridgehead atoms. The van der Waals surface area contributed by atoms with E-state index < -0.39 is 0 Å². The third-order valence-corrected chi connectivity index (χ3v) is 7.37. The second-order valence-electron chi connectivity index (χ2n) is 8.07. The summed E-state index contributed by atoms with van der Waals surface area (Å²) in [6, 6.07) is 7.89. The molecule has 0 aromatic carbocycles. The molecule has 1 fully saturated rings. The Morgan fingerprint density at radius 1 is 0.935 bits per heavy atom. The van der Waals surface area contributed by atoms with Gasteiger partial charge >= 0.3 is 0 Å². The molecule has 0 saturated carbocycles. The fourth-order valence-electron chi connectivity index (χ4n) is 4.59. The number of hydrogen-bond donors (Lipinski definition) is 1. The first-order chi connectivity index (χ1) is 15.3. The van der Waals surface area contributed by atoms with Crippen LogP contribution in [0.4, 0.5) is 17.3 Å². The van der Waals surface area contributed by atoms with Crippen LogP contribution in [0.3, 0.4) is 0 Å². The first-order valence-electron chi connectivity index (χ1n) is 10.7. The molecule has 0 atom stereocenters. The Morgan fingerprint density at radius 3 is 2.58 bits per heavy atom. The first kappa shape index (κ1) is 18.5. The Hall–Kier alpha value is -3.26. The molecule has 2 N–H and O–H groups in total. The van der Waals surface area contributed by atoms with Gasteiger partial charge in [-0.3, -0.25) is 4.98 Å². The molecule has 5 heterocycles. The topological polar surface area (TPSA) is 84.1 Å². The fraction of sp³-hybridized carbons (Fsp3) is 0.304. The molecule has 156 valence electrons. The summed E-state index contributed by atoms with van der Waals surface area (Å²) in [4.78, 5) is 25.9. The first-order valence-corrected chi connectivity index (χ1v) is 11.5. The number of piperazine rings is 1. The van der Waals surface area contributed by atoms with Crippen molar-refractivity contribution in [3.05, 3.63) is 53.3 Å². The highest BCUT2D eigenvalue weighted by atomic mass is 32.1. The van der Waals surface area contributed by atoms with Crippen LogP contribution in [0.2, 0.25) is 0 Å². The minimum Gasteiger partial charge on any atom is -0.384 e. The van der Waals surface area contributed by atoms with Crippen molar-refractivity contribution in [1.29, 1.82) is 0 Å². The number of nitrogen functional groups attached to an aromatic ring is 1. The third-order valence-electron chi connectivity index (χ3n) is 6.18. The summed E-state index contributed by atoms with van der Waals surface area (Å²) in [6.07, 6.45) is 9.02. The van der Waals surface area contributed by atoms with Gasteiger partial charge in [-0.15, -0.1) is 11.3 Å². The highest BCUT2D eigenvalue weighted by Crippen LogP contribution is 2.41. The van der Waals surface area contributed by atoms with Crippen LogP contribution in [-0.4, -0.2) is 46.1 Å². The molecule has 1 aliphatic carbocycles. The molecule has 2 aliphatic rings. The highest BCUT2D eigenvalue weighted by molar-refractivity contribution is 7.19. The maximum absolute atomic E-state index is 5.75. The number of nitrogens with zero attached hydrogens (tertiary/aromatic N) is 6. The van der Waals surface area contributed by atoms with Gasteiger partial charge in [-0.1, -0.05) is 0 Å². The molecule has 8 heteroatoms. The van der Waals surface area contributed by atoms with Crippen molar-refractivity contribution in [3.8, 4) is 11.4 Å². The second kappa shape index (κ2) is 7.46. The van der Waals surface area contributed by atoms with E-state index >= 15 is 0 Å². The van der Waals surface area contributed by atoms with Gasteiger partial charge in [0, 0.05) is 49.0 Å². The maximum atomic E-state index is 5.75. The van der Waals surface area contributed by atoms with Gasteiger partial charge in [0.15, 0.2) is 5.82 Å². The summed E-state index contributed by atoms with van der Waals surface area (Å²) >= 11 is 1.84. The standard InChI is InChI=1S/C23H23N7S/c24-19-7-6-16(14-26-19)29-9-11-30(12-10-29)22-20-17-4-1-5-18(17)31-23(20)28-21(27-22)15-3-2-8-25-13-15/h2-3,6-8,13-14H,1,4-5,9-12H2,(H2,24,26). The molecule has 6 rings (SSSR count). The zero-order valence-electron chi connectivity index (χ0n) is 17.2. The van der Waals surface area contributed by atoms with Crippen molar-refractivity contribution in [2.75, 3.05) is 41.7 Å². The van der Waals surface area contributed by atoms with Gasteiger partial charge in [-0.25, -0.2) is 15.0 Å². The van der Waals surface area contributed by atoms with Gasteiger partial charge in [0.2, 0.25) is 0 Å². The highest BCUT2D eigenvalue weighted by Gasteiger charge is 2.27. The molecule has 4 aromatic heterocycles. The Balaban J connectivity index is 1.37. The molecule has 31 heavy (non-hydrogen) atoms. The van der Waals surface area contributed by atoms with Gasteiger partial charge < -0.3 is 15.5 Å². The largest absolute Gasteiger partial charge is 0.384 e. The molecule has 0 spiro atoms. The normalized spacial score (nSPS) is 16.1. The Kier molecular flexibility index (Phi) is 4.45. The SMILES string of the molecule is Nc1ccc(N2CCN(c3nc(-c4cccnc4)nc4sc5c(c34)CCC5)CC2)cn1. The molecule has 4 aromatic rings. The Bertz CT molecular complexity index is 1230. The number of nitrogens with two attached hydrogens (primary N) is 1. The van der Waals surface area contributed by atoms with Gasteiger partial charge in [0.1, 0.15) is 16.5 Å². The number of anilines is 3. The molecule has 7 nitrogen and oxygen atoms in total. The minimum atomic E-state index is 0.556. The van der Waals surface area contributed by atoms with E-state index in [1.165, 1.54) is 22.2 Å². The predicted octanol–water partition coefficient (Wildman–Crippen LogP) is 3.55. The van der Waals surface area contributed by atoms with Crippen LogP contribution in [-0.2, 0) is 12.8 Å². The fourth-order valence-corrected chi connectivity index (χ4v) is 5.85. The number of aromatic nitrogens is 4. The van der Waals surface area contributed by atoms with Gasteiger partial charge in [0.25, 0.3) is 0 Å². The van der Waals surface area contributed by atoms with Crippen molar-refractivity contribution >= 4 is 38.9 Å². The van der Waals surface area contributed by atoms with Crippen molar-refractivity contribution < 1.29 is 0 Å².